The molecule has 0 saturated carbocycles. The summed E-state index contributed by atoms with van der Waals surface area (Å²) in [5.41, 5.74) is 6.21. The maximum Gasteiger partial charge on any atom is 0.519 e. The van der Waals surface area contributed by atoms with Crippen LogP contribution in [0.15, 0.2) is 24.9 Å². The van der Waals surface area contributed by atoms with Crippen LogP contribution in [0.5, 0.6) is 0 Å². The number of nitrogens with zero attached hydrogens (tertiary/aromatic N) is 1. The van der Waals surface area contributed by atoms with Gasteiger partial charge in [-0.25, -0.2) is 9.59 Å². The maximum absolute atomic E-state index is 12.6. The second-order valence-corrected chi connectivity index (χ2v) is 6.78. The monoisotopic (exact) mass is 384 g/mol. The number of hydrogen-bond donors (Lipinski definition) is 1. The lowest BCUT2D eigenvalue weighted by molar-refractivity contribution is -0.152. The number of thioether (sulfide) groups is 1. The van der Waals surface area contributed by atoms with Crippen LogP contribution in [-0.2, 0) is 30.5 Å². The number of ether oxygens (including phenoxy) is 2. The van der Waals surface area contributed by atoms with Crippen LogP contribution in [-0.4, -0.2) is 46.5 Å². The van der Waals surface area contributed by atoms with Crippen LogP contribution < -0.4 is 11.6 Å². The minimum absolute atomic E-state index is 0.00481. The number of fused-ring (bicyclic) bond motifs is 1. The van der Waals surface area contributed by atoms with Gasteiger partial charge in [0.1, 0.15) is 23.7 Å². The van der Waals surface area contributed by atoms with E-state index in [9.17, 15) is 19.2 Å². The Morgan fingerprint density at radius 2 is 2.00 bits per heavy atom. The lowest BCUT2D eigenvalue weighted by Crippen LogP contribution is -2.68. The number of hydrogen-bond acceptors (Lipinski definition) is 10. The Morgan fingerprint density at radius 3 is 2.62 bits per heavy atom. The first-order valence-corrected chi connectivity index (χ1v) is 8.66. The number of rotatable bonds is 5. The van der Waals surface area contributed by atoms with Gasteiger partial charge in [-0.05, 0) is 6.92 Å². The third-order valence-corrected chi connectivity index (χ3v) is 5.26. The van der Waals surface area contributed by atoms with Crippen molar-refractivity contribution in [2.75, 3.05) is 12.4 Å². The topological polar surface area (TPSA) is 142 Å². The Morgan fingerprint density at radius 1 is 1.27 bits per heavy atom. The predicted octanol–water partition coefficient (Wildman–Crippen LogP) is -0.356. The summed E-state index contributed by atoms with van der Waals surface area (Å²) in [7, 11) is 0. The number of amides is 1. The van der Waals surface area contributed by atoms with E-state index in [2.05, 4.69) is 0 Å². The highest BCUT2D eigenvalue weighted by atomic mass is 32.2. The molecule has 0 unspecified atom stereocenters. The van der Waals surface area contributed by atoms with Crippen LogP contribution in [0.4, 0.5) is 0 Å². The van der Waals surface area contributed by atoms with Gasteiger partial charge in [0.25, 0.3) is 0 Å². The Bertz CT molecular complexity index is 854. The fraction of sp³-hybridized carbons (Fsp3) is 0.467. The van der Waals surface area contributed by atoms with E-state index >= 15 is 0 Å². The quantitative estimate of drug-likeness (QED) is 0.528. The second kappa shape index (κ2) is 7.00. The summed E-state index contributed by atoms with van der Waals surface area (Å²) in [6, 6.07) is -0.702. The van der Waals surface area contributed by atoms with Gasteiger partial charge in [-0.15, -0.1) is 11.8 Å². The number of carbonyl (C=O) groups excluding carboxylic acids is 3. The summed E-state index contributed by atoms with van der Waals surface area (Å²) in [4.78, 5) is 48.0. The lowest BCUT2D eigenvalue weighted by atomic mass is 10.0. The highest BCUT2D eigenvalue weighted by Gasteiger charge is 2.52. The molecule has 3 rings (SSSR count). The van der Waals surface area contributed by atoms with E-state index in [0.717, 1.165) is 0 Å². The average molecular weight is 384 g/mol. The highest BCUT2D eigenvalue weighted by Crippen LogP contribution is 2.39. The van der Waals surface area contributed by atoms with Crippen LogP contribution in [0.2, 0.25) is 0 Å². The van der Waals surface area contributed by atoms with Gasteiger partial charge in [-0.3, -0.25) is 14.5 Å². The molecule has 1 aromatic rings. The van der Waals surface area contributed by atoms with Gasteiger partial charge >= 0.3 is 17.8 Å². The van der Waals surface area contributed by atoms with E-state index in [-0.39, 0.29) is 35.8 Å². The smallest absolute Gasteiger partial charge is 0.461 e. The number of esters is 2. The number of carbonyl (C=O) groups is 3. The first-order chi connectivity index (χ1) is 12.3. The molecule has 10 nitrogen and oxygen atoms in total. The molecule has 3 heterocycles. The molecule has 0 aliphatic carbocycles. The molecule has 140 valence electrons. The molecular weight excluding hydrogens is 368 g/mol. The fourth-order valence-electron chi connectivity index (χ4n) is 2.57. The summed E-state index contributed by atoms with van der Waals surface area (Å²) in [6.45, 7) is 2.25. The van der Waals surface area contributed by atoms with Crippen LogP contribution in [0.3, 0.4) is 0 Å². The molecule has 2 N–H and O–H groups in total. The molecule has 1 fully saturated rings. The number of β-lactam (4-membered cyclic amide) rings is 1. The maximum atomic E-state index is 12.6. The average Bonchev–Trinajstić information content (AvgIpc) is 2.93. The molecule has 2 atom stereocenters. The zero-order valence-corrected chi connectivity index (χ0v) is 14.8. The molecule has 2 aliphatic heterocycles. The van der Waals surface area contributed by atoms with Crippen molar-refractivity contribution < 1.29 is 32.7 Å². The third kappa shape index (κ3) is 3.27. The first kappa shape index (κ1) is 18.3. The van der Waals surface area contributed by atoms with Crippen molar-refractivity contribution in [1.29, 1.82) is 0 Å². The molecule has 1 aromatic heterocycles. The third-order valence-electron chi connectivity index (χ3n) is 3.90. The van der Waals surface area contributed by atoms with Crippen LogP contribution in [0.25, 0.3) is 0 Å². The second-order valence-electron chi connectivity index (χ2n) is 5.68. The van der Waals surface area contributed by atoms with E-state index < -0.39 is 29.7 Å². The van der Waals surface area contributed by atoms with Gasteiger partial charge in [0.05, 0.1) is 0 Å². The minimum Gasteiger partial charge on any atom is -0.461 e. The standard InChI is InChI=1S/C15H16N2O8S/c1-6-9(25-15(21)24-6)4-23-14(20)11-8(3-22-7(2)18)5-26-13-10(16)12(19)17(11)13/h10,13H,3-5,16H2,1-2H3/t10-,13-/m1/s1. The van der Waals surface area contributed by atoms with Gasteiger partial charge in [0.15, 0.2) is 18.1 Å². The molecular formula is C15H16N2O8S. The van der Waals surface area contributed by atoms with Crippen LogP contribution in [0, 0.1) is 6.92 Å². The summed E-state index contributed by atoms with van der Waals surface area (Å²) in [5, 5.41) is -0.375. The highest BCUT2D eigenvalue weighted by molar-refractivity contribution is 8.00. The van der Waals surface area contributed by atoms with Crippen molar-refractivity contribution in [3.8, 4) is 0 Å². The van der Waals surface area contributed by atoms with E-state index in [0.29, 0.717) is 11.3 Å². The molecule has 1 amide bonds. The Balaban J connectivity index is 1.81. The molecule has 2 aliphatic rings. The van der Waals surface area contributed by atoms with Crippen LogP contribution in [0.1, 0.15) is 18.4 Å². The zero-order valence-electron chi connectivity index (χ0n) is 14.0. The molecule has 0 spiro atoms. The van der Waals surface area contributed by atoms with E-state index in [4.69, 9.17) is 24.0 Å². The van der Waals surface area contributed by atoms with E-state index in [1.165, 1.54) is 30.5 Å². The summed E-state index contributed by atoms with van der Waals surface area (Å²) < 4.78 is 19.6. The molecule has 26 heavy (non-hydrogen) atoms. The van der Waals surface area contributed by atoms with Crippen molar-refractivity contribution >= 4 is 29.6 Å². The van der Waals surface area contributed by atoms with Crippen LogP contribution >= 0.6 is 11.8 Å². The van der Waals surface area contributed by atoms with Crippen molar-refractivity contribution in [2.24, 2.45) is 5.73 Å². The van der Waals surface area contributed by atoms with Crippen molar-refractivity contribution in [3.05, 3.63) is 33.4 Å². The Kier molecular flexibility index (Phi) is 4.92. The predicted molar refractivity (Wildman–Crippen MR) is 86.5 cm³/mol. The van der Waals surface area contributed by atoms with E-state index in [1.807, 2.05) is 0 Å². The van der Waals surface area contributed by atoms with E-state index in [1.54, 1.807) is 0 Å². The molecule has 0 aromatic carbocycles. The largest absolute Gasteiger partial charge is 0.519 e. The Hall–Kier alpha value is -2.53. The lowest BCUT2D eigenvalue weighted by Gasteiger charge is -2.48. The molecule has 0 radical (unpaired) electrons. The van der Waals surface area contributed by atoms with Crippen molar-refractivity contribution in [1.82, 2.24) is 4.90 Å². The van der Waals surface area contributed by atoms with Gasteiger partial charge in [-0.1, -0.05) is 0 Å². The minimum atomic E-state index is -0.902. The normalized spacial score (nSPS) is 22.0. The molecule has 11 heteroatoms. The zero-order chi connectivity index (χ0) is 19.0. The summed E-state index contributed by atoms with van der Waals surface area (Å²) in [5.74, 6) is -2.02. The fourth-order valence-corrected chi connectivity index (χ4v) is 3.85. The Labute approximate surface area is 151 Å². The first-order valence-electron chi connectivity index (χ1n) is 7.61. The SMILES string of the molecule is CC(=O)OCC1=C(C(=O)OCc2oc(=O)oc2C)N2C(=O)[C@@H](N)[C@H]2SC1. The van der Waals surface area contributed by atoms with Crippen molar-refractivity contribution in [2.45, 2.75) is 31.9 Å². The van der Waals surface area contributed by atoms with Gasteiger partial charge in [0.2, 0.25) is 5.91 Å². The molecule has 1 saturated heterocycles. The number of aryl methyl sites for hydroxylation is 1. The summed E-state index contributed by atoms with van der Waals surface area (Å²) in [6.07, 6.45) is 0. The van der Waals surface area contributed by atoms with Crippen molar-refractivity contribution in [3.63, 3.8) is 0 Å². The van der Waals surface area contributed by atoms with Gasteiger partial charge in [-0.2, -0.15) is 0 Å². The van der Waals surface area contributed by atoms with Gasteiger partial charge in [0, 0.05) is 18.2 Å². The number of nitrogens with two attached hydrogens (primary N) is 1. The van der Waals surface area contributed by atoms with Gasteiger partial charge < -0.3 is 24.0 Å². The summed E-state index contributed by atoms with van der Waals surface area (Å²) >= 11 is 1.37. The molecule has 0 bridgehead atoms.